The van der Waals surface area contributed by atoms with Crippen LogP contribution in [0.4, 0.5) is 5.82 Å². The highest BCUT2D eigenvalue weighted by Gasteiger charge is 2.13. The van der Waals surface area contributed by atoms with Gasteiger partial charge in [-0.3, -0.25) is 0 Å². The van der Waals surface area contributed by atoms with E-state index in [2.05, 4.69) is 37.0 Å². The molecule has 0 atom stereocenters. The maximum atomic E-state index is 4.43. The summed E-state index contributed by atoms with van der Waals surface area (Å²) in [6.07, 6.45) is 4.57. The summed E-state index contributed by atoms with van der Waals surface area (Å²) in [6.45, 7) is 3.66. The lowest BCUT2D eigenvalue weighted by atomic mass is 10.1. The van der Waals surface area contributed by atoms with Crippen LogP contribution in [0.3, 0.4) is 0 Å². The fourth-order valence-corrected chi connectivity index (χ4v) is 3.14. The fraction of sp³-hybridized carbons (Fsp3) is 0.412. The van der Waals surface area contributed by atoms with Crippen molar-refractivity contribution in [2.24, 2.45) is 0 Å². The summed E-state index contributed by atoms with van der Waals surface area (Å²) in [5.41, 5.74) is 4.45. The van der Waals surface area contributed by atoms with E-state index < -0.39 is 0 Å². The van der Waals surface area contributed by atoms with E-state index in [4.69, 9.17) is 0 Å². The van der Waals surface area contributed by atoms with E-state index in [-0.39, 0.29) is 0 Å². The molecule has 0 bridgehead atoms. The Balaban J connectivity index is 1.38. The predicted octanol–water partition coefficient (Wildman–Crippen LogP) is 1.41. The van der Waals surface area contributed by atoms with E-state index in [1.165, 1.54) is 11.3 Å². The Morgan fingerprint density at radius 3 is 3.04 bits per heavy atom. The number of anilines is 1. The molecule has 1 aliphatic rings. The van der Waals surface area contributed by atoms with E-state index in [1.54, 1.807) is 6.33 Å². The molecule has 0 spiro atoms. The number of para-hydroxylation sites is 1. The summed E-state index contributed by atoms with van der Waals surface area (Å²) in [4.78, 5) is 8.86. The number of hydrogen-bond acceptors (Lipinski definition) is 6. The topological polar surface area (TPSA) is 80.6 Å². The van der Waals surface area contributed by atoms with E-state index in [0.29, 0.717) is 0 Å². The Morgan fingerprint density at radius 1 is 1.12 bits per heavy atom. The monoisotopic (exact) mass is 323 g/mol. The number of hydrogen-bond donors (Lipinski definition) is 2. The highest BCUT2D eigenvalue weighted by molar-refractivity contribution is 5.73. The Bertz CT molecular complexity index is 827. The number of aromatic nitrogens is 5. The van der Waals surface area contributed by atoms with Crippen molar-refractivity contribution in [2.45, 2.75) is 25.8 Å². The zero-order chi connectivity index (χ0) is 16.2. The van der Waals surface area contributed by atoms with E-state index in [1.807, 2.05) is 22.9 Å². The number of rotatable bonds is 5. The molecule has 3 heterocycles. The van der Waals surface area contributed by atoms with Crippen LogP contribution in [-0.4, -0.2) is 44.6 Å². The first-order chi connectivity index (χ1) is 11.9. The predicted molar refractivity (Wildman–Crippen MR) is 92.9 cm³/mol. The minimum atomic E-state index is 0.836. The molecule has 3 aromatic rings. The van der Waals surface area contributed by atoms with Gasteiger partial charge in [-0.05, 0) is 31.5 Å². The van der Waals surface area contributed by atoms with Gasteiger partial charge < -0.3 is 10.6 Å². The van der Waals surface area contributed by atoms with E-state index in [0.717, 1.165) is 62.3 Å². The van der Waals surface area contributed by atoms with Crippen LogP contribution in [0.1, 0.15) is 17.7 Å². The summed E-state index contributed by atoms with van der Waals surface area (Å²) >= 11 is 0. The first kappa shape index (κ1) is 15.0. The van der Waals surface area contributed by atoms with Gasteiger partial charge >= 0.3 is 0 Å². The smallest absolute Gasteiger partial charge is 0.132 e. The summed E-state index contributed by atoms with van der Waals surface area (Å²) in [5, 5.41) is 15.3. The quantitative estimate of drug-likeness (QED) is 0.691. The Hall–Kier alpha value is -2.54. The third-order valence-corrected chi connectivity index (χ3v) is 4.38. The molecule has 4 rings (SSSR count). The second kappa shape index (κ2) is 6.92. The molecule has 0 unspecified atom stereocenters. The summed E-state index contributed by atoms with van der Waals surface area (Å²) in [6, 6.07) is 8.05. The van der Waals surface area contributed by atoms with Crippen LogP contribution < -0.4 is 10.6 Å². The molecule has 7 heteroatoms. The SMILES string of the molecule is c1ccc2c(c1)nnn2CCCNc1ncnc2c1CCNCC2. The lowest BCUT2D eigenvalue weighted by Crippen LogP contribution is -2.16. The molecular formula is C17H21N7. The zero-order valence-electron chi connectivity index (χ0n) is 13.6. The summed E-state index contributed by atoms with van der Waals surface area (Å²) in [7, 11) is 0. The van der Waals surface area contributed by atoms with Crippen molar-refractivity contribution in [2.75, 3.05) is 25.0 Å². The number of benzene rings is 1. The minimum absolute atomic E-state index is 0.836. The minimum Gasteiger partial charge on any atom is -0.370 e. The van der Waals surface area contributed by atoms with Gasteiger partial charge in [0.25, 0.3) is 0 Å². The van der Waals surface area contributed by atoms with Crippen LogP contribution in [0.15, 0.2) is 30.6 Å². The third kappa shape index (κ3) is 3.07. The number of nitrogens with zero attached hydrogens (tertiary/aromatic N) is 5. The molecule has 7 nitrogen and oxygen atoms in total. The van der Waals surface area contributed by atoms with Crippen molar-refractivity contribution < 1.29 is 0 Å². The molecule has 1 aromatic carbocycles. The highest BCUT2D eigenvalue weighted by Crippen LogP contribution is 2.18. The maximum absolute atomic E-state index is 4.43. The van der Waals surface area contributed by atoms with Gasteiger partial charge in [0.2, 0.25) is 0 Å². The van der Waals surface area contributed by atoms with Gasteiger partial charge in [0, 0.05) is 31.6 Å². The second-order valence-electron chi connectivity index (χ2n) is 5.98. The summed E-state index contributed by atoms with van der Waals surface area (Å²) < 4.78 is 1.96. The Morgan fingerprint density at radius 2 is 2.04 bits per heavy atom. The molecule has 0 fully saturated rings. The van der Waals surface area contributed by atoms with Gasteiger partial charge in [-0.2, -0.15) is 0 Å². The third-order valence-electron chi connectivity index (χ3n) is 4.38. The molecule has 2 aromatic heterocycles. The van der Waals surface area contributed by atoms with Crippen molar-refractivity contribution in [1.29, 1.82) is 0 Å². The lowest BCUT2D eigenvalue weighted by molar-refractivity contribution is 0.585. The average Bonchev–Trinajstić information content (AvgIpc) is 2.86. The Labute approximate surface area is 140 Å². The average molecular weight is 323 g/mol. The summed E-state index contributed by atoms with van der Waals surface area (Å²) in [5.74, 6) is 0.979. The van der Waals surface area contributed by atoms with Crippen molar-refractivity contribution in [3.8, 4) is 0 Å². The van der Waals surface area contributed by atoms with Crippen LogP contribution in [0.5, 0.6) is 0 Å². The van der Waals surface area contributed by atoms with Crippen LogP contribution in [-0.2, 0) is 19.4 Å². The molecule has 24 heavy (non-hydrogen) atoms. The standard InChI is InChI=1S/C17H21N7/c1-2-5-16-15(4-1)22-23-24(16)11-3-8-19-17-13-6-9-18-10-7-14(13)20-12-21-17/h1-2,4-5,12,18H,3,6-11H2,(H,19,20,21). The number of nitrogens with one attached hydrogen (secondary N) is 2. The molecule has 0 saturated heterocycles. The van der Waals surface area contributed by atoms with Gasteiger partial charge in [0.1, 0.15) is 17.7 Å². The lowest BCUT2D eigenvalue weighted by Gasteiger charge is -2.12. The molecule has 0 radical (unpaired) electrons. The maximum Gasteiger partial charge on any atom is 0.132 e. The molecule has 1 aliphatic heterocycles. The molecule has 0 aliphatic carbocycles. The zero-order valence-corrected chi connectivity index (χ0v) is 13.6. The largest absolute Gasteiger partial charge is 0.370 e. The van der Waals surface area contributed by atoms with Gasteiger partial charge in [-0.15, -0.1) is 5.10 Å². The molecular weight excluding hydrogens is 302 g/mol. The van der Waals surface area contributed by atoms with Gasteiger partial charge in [0.15, 0.2) is 0 Å². The first-order valence-electron chi connectivity index (χ1n) is 8.47. The van der Waals surface area contributed by atoms with Crippen molar-refractivity contribution in [3.05, 3.63) is 41.9 Å². The fourth-order valence-electron chi connectivity index (χ4n) is 3.14. The number of aryl methyl sites for hydroxylation is 1. The van der Waals surface area contributed by atoms with Crippen molar-refractivity contribution in [3.63, 3.8) is 0 Å². The van der Waals surface area contributed by atoms with Crippen LogP contribution >= 0.6 is 0 Å². The molecule has 0 saturated carbocycles. The van der Waals surface area contributed by atoms with E-state index in [9.17, 15) is 0 Å². The van der Waals surface area contributed by atoms with Gasteiger partial charge in [0.05, 0.1) is 11.2 Å². The van der Waals surface area contributed by atoms with Gasteiger partial charge in [-0.1, -0.05) is 17.3 Å². The van der Waals surface area contributed by atoms with Crippen LogP contribution in [0, 0.1) is 0 Å². The van der Waals surface area contributed by atoms with Crippen LogP contribution in [0.2, 0.25) is 0 Å². The highest BCUT2D eigenvalue weighted by atomic mass is 15.4. The Kier molecular flexibility index (Phi) is 4.33. The van der Waals surface area contributed by atoms with Gasteiger partial charge in [-0.25, -0.2) is 14.6 Å². The van der Waals surface area contributed by atoms with Crippen LogP contribution in [0.25, 0.3) is 11.0 Å². The van der Waals surface area contributed by atoms with Crippen molar-refractivity contribution >= 4 is 16.9 Å². The number of fused-ring (bicyclic) bond motifs is 2. The van der Waals surface area contributed by atoms with Crippen molar-refractivity contribution in [1.82, 2.24) is 30.3 Å². The normalized spacial score (nSPS) is 14.3. The molecule has 0 amide bonds. The first-order valence-corrected chi connectivity index (χ1v) is 8.47. The second-order valence-corrected chi connectivity index (χ2v) is 5.98. The van der Waals surface area contributed by atoms with E-state index >= 15 is 0 Å². The molecule has 2 N–H and O–H groups in total. The molecule has 124 valence electrons.